The van der Waals surface area contributed by atoms with Gasteiger partial charge in [-0.1, -0.05) is 85.5 Å². The Labute approximate surface area is 158 Å². The van der Waals surface area contributed by atoms with Crippen molar-refractivity contribution in [2.75, 3.05) is 0 Å². The molecule has 25 heavy (non-hydrogen) atoms. The lowest BCUT2D eigenvalue weighted by atomic mass is 9.98. The van der Waals surface area contributed by atoms with Gasteiger partial charge in [0.2, 0.25) is 0 Å². The van der Waals surface area contributed by atoms with Crippen LogP contribution in [0, 0.1) is 5.92 Å². The van der Waals surface area contributed by atoms with E-state index in [9.17, 15) is 9.90 Å². The molecule has 0 heterocycles. The van der Waals surface area contributed by atoms with Crippen LogP contribution in [0.15, 0.2) is 0 Å². The van der Waals surface area contributed by atoms with Crippen LogP contribution in [0.25, 0.3) is 0 Å². The van der Waals surface area contributed by atoms with E-state index in [1.54, 1.807) is 6.92 Å². The van der Waals surface area contributed by atoms with Gasteiger partial charge < -0.3 is 9.53 Å². The highest BCUT2D eigenvalue weighted by Gasteiger charge is 2.40. The van der Waals surface area contributed by atoms with Gasteiger partial charge in [0.1, 0.15) is 0 Å². The molecule has 0 aromatic heterocycles. The number of carboxylic acids is 1. The average molecular weight is 373 g/mol. The van der Waals surface area contributed by atoms with Crippen LogP contribution in [0.5, 0.6) is 0 Å². The second-order valence-electron chi connectivity index (χ2n) is 9.16. The van der Waals surface area contributed by atoms with E-state index in [-0.39, 0.29) is 11.1 Å². The molecule has 0 rings (SSSR count). The Bertz CT molecular complexity index is 361. The van der Waals surface area contributed by atoms with Gasteiger partial charge in [-0.2, -0.15) is 0 Å². The largest absolute Gasteiger partial charge is 0.481 e. The first-order valence-electron chi connectivity index (χ1n) is 10.4. The summed E-state index contributed by atoms with van der Waals surface area (Å²) in [5.41, 5.74) is 0. The molecule has 4 heteroatoms. The Balaban J connectivity index is 4.28. The van der Waals surface area contributed by atoms with Gasteiger partial charge in [-0.05, 0) is 31.5 Å². The smallest absolute Gasteiger partial charge is 0.308 e. The highest BCUT2D eigenvalue weighted by atomic mass is 28.4. The van der Waals surface area contributed by atoms with E-state index < -0.39 is 20.2 Å². The van der Waals surface area contributed by atoms with Crippen LogP contribution in [0.4, 0.5) is 0 Å². The minimum atomic E-state index is -1.93. The molecule has 150 valence electrons. The van der Waals surface area contributed by atoms with Crippen LogP contribution in [-0.4, -0.2) is 25.5 Å². The van der Waals surface area contributed by atoms with Gasteiger partial charge in [-0.3, -0.25) is 4.79 Å². The molecule has 0 saturated carbocycles. The lowest BCUT2D eigenvalue weighted by Gasteiger charge is -2.40. The molecular formula is C21H44O3Si. The van der Waals surface area contributed by atoms with Gasteiger partial charge in [-0.15, -0.1) is 0 Å². The van der Waals surface area contributed by atoms with Crippen molar-refractivity contribution >= 4 is 14.3 Å². The second kappa shape index (κ2) is 12.1. The van der Waals surface area contributed by atoms with Crippen molar-refractivity contribution in [1.29, 1.82) is 0 Å². The zero-order chi connectivity index (χ0) is 19.5. The molecule has 2 atom stereocenters. The molecule has 0 bridgehead atoms. The summed E-state index contributed by atoms with van der Waals surface area (Å²) < 4.78 is 6.46. The third kappa shape index (κ3) is 10.4. The first-order chi connectivity index (χ1) is 11.5. The zero-order valence-electron chi connectivity index (χ0n) is 18.0. The van der Waals surface area contributed by atoms with Crippen molar-refractivity contribution < 1.29 is 14.3 Å². The van der Waals surface area contributed by atoms with E-state index in [0.717, 1.165) is 12.8 Å². The van der Waals surface area contributed by atoms with Crippen LogP contribution in [0.2, 0.25) is 18.1 Å². The summed E-state index contributed by atoms with van der Waals surface area (Å²) in [7, 11) is -1.93. The Morgan fingerprint density at radius 3 is 1.80 bits per heavy atom. The molecule has 1 N–H and O–H groups in total. The maximum atomic E-state index is 11.5. The second-order valence-corrected chi connectivity index (χ2v) is 13.9. The minimum absolute atomic E-state index is 0.113. The molecule has 0 amide bonds. The standard InChI is InChI=1S/C21H44O3Si/c1-8-9-10-11-12-13-14-15-16-17-19(18(2)20(22)23)24-25(6,7)21(3,4)5/h18-19H,8-17H2,1-7H3,(H,22,23)/t18-,19-/m0/s1. The quantitative estimate of drug-likeness (QED) is 0.263. The summed E-state index contributed by atoms with van der Waals surface area (Å²) in [6.45, 7) is 15.1. The Kier molecular flexibility index (Phi) is 11.9. The molecular weight excluding hydrogens is 328 g/mol. The summed E-state index contributed by atoms with van der Waals surface area (Å²) in [5.74, 6) is -1.16. The van der Waals surface area contributed by atoms with Crippen molar-refractivity contribution in [2.24, 2.45) is 5.92 Å². The van der Waals surface area contributed by atoms with Crippen molar-refractivity contribution in [3.05, 3.63) is 0 Å². The van der Waals surface area contributed by atoms with Gasteiger partial charge in [-0.25, -0.2) is 0 Å². The first kappa shape index (κ1) is 24.6. The van der Waals surface area contributed by atoms with E-state index >= 15 is 0 Å². The first-order valence-corrected chi connectivity index (χ1v) is 13.3. The Hall–Kier alpha value is -0.353. The number of rotatable bonds is 14. The van der Waals surface area contributed by atoms with Gasteiger partial charge >= 0.3 is 5.97 Å². The Morgan fingerprint density at radius 2 is 1.40 bits per heavy atom. The fourth-order valence-electron chi connectivity index (χ4n) is 2.78. The average Bonchev–Trinajstić information content (AvgIpc) is 2.50. The summed E-state index contributed by atoms with van der Waals surface area (Å²) in [6.07, 6.45) is 12.3. The lowest BCUT2D eigenvalue weighted by Crippen LogP contribution is -2.46. The molecule has 0 unspecified atom stereocenters. The predicted octanol–water partition coefficient (Wildman–Crippen LogP) is 7.02. The van der Waals surface area contributed by atoms with E-state index in [2.05, 4.69) is 40.8 Å². The highest BCUT2D eigenvalue weighted by Crippen LogP contribution is 2.38. The SMILES string of the molecule is CCCCCCCCCCC[C@H](O[Si](C)(C)C(C)(C)C)[C@H](C)C(=O)O. The molecule has 0 aromatic rings. The van der Waals surface area contributed by atoms with Crippen molar-refractivity contribution in [1.82, 2.24) is 0 Å². The molecule has 0 aliphatic heterocycles. The molecule has 0 aliphatic rings. The van der Waals surface area contributed by atoms with E-state index in [0.29, 0.717) is 0 Å². The Morgan fingerprint density at radius 1 is 0.960 bits per heavy atom. The van der Waals surface area contributed by atoms with Gasteiger partial charge in [0.25, 0.3) is 0 Å². The highest BCUT2D eigenvalue weighted by molar-refractivity contribution is 6.74. The van der Waals surface area contributed by atoms with E-state index in [4.69, 9.17) is 4.43 Å². The minimum Gasteiger partial charge on any atom is -0.481 e. The van der Waals surface area contributed by atoms with Gasteiger partial charge in [0.05, 0.1) is 12.0 Å². The van der Waals surface area contributed by atoms with Crippen LogP contribution in [-0.2, 0) is 9.22 Å². The number of unbranched alkanes of at least 4 members (excludes halogenated alkanes) is 8. The number of hydrogen-bond donors (Lipinski definition) is 1. The van der Waals surface area contributed by atoms with Crippen LogP contribution in [0.1, 0.15) is 98.8 Å². The fourth-order valence-corrected chi connectivity index (χ4v) is 4.21. The van der Waals surface area contributed by atoms with Crippen LogP contribution in [0.3, 0.4) is 0 Å². The van der Waals surface area contributed by atoms with Crippen molar-refractivity contribution in [2.45, 2.75) is 123 Å². The van der Waals surface area contributed by atoms with E-state index in [1.807, 2.05) is 0 Å². The zero-order valence-corrected chi connectivity index (χ0v) is 19.0. The molecule has 0 radical (unpaired) electrons. The normalized spacial score (nSPS) is 15.2. The summed E-state index contributed by atoms with van der Waals surface area (Å²) >= 11 is 0. The molecule has 0 aliphatic carbocycles. The maximum absolute atomic E-state index is 11.5. The van der Waals surface area contributed by atoms with Gasteiger partial charge in [0.15, 0.2) is 8.32 Å². The van der Waals surface area contributed by atoms with Crippen molar-refractivity contribution in [3.8, 4) is 0 Å². The molecule has 0 saturated heterocycles. The number of hydrogen-bond acceptors (Lipinski definition) is 2. The number of aliphatic carboxylic acids is 1. The summed E-state index contributed by atoms with van der Waals surface area (Å²) in [4.78, 5) is 11.5. The number of carboxylic acid groups (broad SMARTS) is 1. The maximum Gasteiger partial charge on any atom is 0.308 e. The summed E-state index contributed by atoms with van der Waals surface area (Å²) in [6, 6.07) is 0. The summed E-state index contributed by atoms with van der Waals surface area (Å²) in [5, 5.41) is 9.54. The molecule has 0 spiro atoms. The van der Waals surface area contributed by atoms with Crippen LogP contribution < -0.4 is 0 Å². The molecule has 3 nitrogen and oxygen atoms in total. The van der Waals surface area contributed by atoms with Crippen molar-refractivity contribution in [3.63, 3.8) is 0 Å². The molecule has 0 fully saturated rings. The van der Waals surface area contributed by atoms with E-state index in [1.165, 1.54) is 51.4 Å². The monoisotopic (exact) mass is 372 g/mol. The fraction of sp³-hybridized carbons (Fsp3) is 0.952. The topological polar surface area (TPSA) is 46.5 Å². The molecule has 0 aromatic carbocycles. The third-order valence-electron chi connectivity index (χ3n) is 5.79. The predicted molar refractivity (Wildman–Crippen MR) is 111 cm³/mol. The third-order valence-corrected chi connectivity index (χ3v) is 10.3. The lowest BCUT2D eigenvalue weighted by molar-refractivity contribution is -0.144. The van der Waals surface area contributed by atoms with Gasteiger partial charge in [0, 0.05) is 0 Å². The number of carbonyl (C=O) groups is 1. The van der Waals surface area contributed by atoms with Crippen LogP contribution >= 0.6 is 0 Å².